The number of para-hydroxylation sites is 1. The monoisotopic (exact) mass is 359 g/mol. The van der Waals surface area contributed by atoms with E-state index in [4.69, 9.17) is 10.5 Å². The minimum absolute atomic E-state index is 0.0346. The number of nitrogens with zero attached hydrogens (tertiary/aromatic N) is 2. The fourth-order valence-electron chi connectivity index (χ4n) is 3.13. The minimum Gasteiger partial charge on any atom is -0.490 e. The van der Waals surface area contributed by atoms with Crippen LogP contribution in [0.5, 0.6) is 5.75 Å². The summed E-state index contributed by atoms with van der Waals surface area (Å²) in [5.41, 5.74) is 7.83. The zero-order valence-corrected chi connectivity index (χ0v) is 14.9. The van der Waals surface area contributed by atoms with Crippen LogP contribution in [0.4, 0.5) is 0 Å². The summed E-state index contributed by atoms with van der Waals surface area (Å²) in [5, 5.41) is 0. The first-order valence-corrected chi connectivity index (χ1v) is 9.12. The second-order valence-electron chi connectivity index (χ2n) is 6.21. The van der Waals surface area contributed by atoms with Crippen LogP contribution < -0.4 is 10.5 Å². The van der Waals surface area contributed by atoms with Crippen LogP contribution in [-0.4, -0.2) is 40.9 Å². The summed E-state index contributed by atoms with van der Waals surface area (Å²) < 4.78 is 6.06. The molecule has 0 spiro atoms. The van der Waals surface area contributed by atoms with E-state index < -0.39 is 0 Å². The molecule has 3 rings (SSSR count). The number of aryl methyl sites for hydroxylation is 1. The van der Waals surface area contributed by atoms with Crippen LogP contribution in [0.15, 0.2) is 35.8 Å². The SMILES string of the molecule is Cc1ncsc1C(=O)N1CC[C@H](Oc2ccccc2)[C@@H](CC(N)=O)C1. The highest BCUT2D eigenvalue weighted by atomic mass is 32.1. The molecule has 1 aromatic heterocycles. The molecule has 2 heterocycles. The lowest BCUT2D eigenvalue weighted by atomic mass is 9.91. The van der Waals surface area contributed by atoms with Gasteiger partial charge in [-0.1, -0.05) is 18.2 Å². The third kappa shape index (κ3) is 4.17. The number of benzene rings is 1. The molecule has 6 nitrogen and oxygen atoms in total. The van der Waals surface area contributed by atoms with Crippen molar-refractivity contribution in [1.82, 2.24) is 9.88 Å². The molecule has 2 atom stereocenters. The van der Waals surface area contributed by atoms with Crippen molar-refractivity contribution in [3.8, 4) is 5.75 Å². The molecule has 0 bridgehead atoms. The first-order valence-electron chi connectivity index (χ1n) is 8.24. The number of ether oxygens (including phenoxy) is 1. The Hall–Kier alpha value is -2.41. The van der Waals surface area contributed by atoms with Crippen molar-refractivity contribution in [1.29, 1.82) is 0 Å². The number of hydrogen-bond acceptors (Lipinski definition) is 5. The lowest BCUT2D eigenvalue weighted by Crippen LogP contribution is -2.49. The summed E-state index contributed by atoms with van der Waals surface area (Å²) in [6.45, 7) is 2.87. The van der Waals surface area contributed by atoms with Gasteiger partial charge in [0, 0.05) is 31.8 Å². The average Bonchev–Trinajstić information content (AvgIpc) is 3.02. The van der Waals surface area contributed by atoms with Crippen LogP contribution in [0.3, 0.4) is 0 Å². The number of rotatable bonds is 5. The van der Waals surface area contributed by atoms with Gasteiger partial charge in [-0.15, -0.1) is 11.3 Å². The molecule has 1 aliphatic rings. The molecule has 1 saturated heterocycles. The van der Waals surface area contributed by atoms with E-state index >= 15 is 0 Å². The predicted octanol–water partition coefficient (Wildman–Crippen LogP) is 2.24. The van der Waals surface area contributed by atoms with Crippen molar-refractivity contribution in [2.75, 3.05) is 13.1 Å². The third-order valence-electron chi connectivity index (χ3n) is 4.39. The van der Waals surface area contributed by atoms with Gasteiger partial charge < -0.3 is 15.4 Å². The molecule has 7 heteroatoms. The summed E-state index contributed by atoms with van der Waals surface area (Å²) in [4.78, 5) is 30.8. The number of amides is 2. The molecule has 0 saturated carbocycles. The average molecular weight is 359 g/mol. The van der Waals surface area contributed by atoms with Gasteiger partial charge in [0.15, 0.2) is 0 Å². The molecule has 25 heavy (non-hydrogen) atoms. The zero-order valence-electron chi connectivity index (χ0n) is 14.1. The first kappa shape index (κ1) is 17.4. The summed E-state index contributed by atoms with van der Waals surface area (Å²) in [5.74, 6) is 0.228. The fourth-order valence-corrected chi connectivity index (χ4v) is 3.90. The smallest absolute Gasteiger partial charge is 0.265 e. The molecule has 1 aliphatic heterocycles. The Kier molecular flexibility index (Phi) is 5.33. The number of carbonyl (C=O) groups is 2. The van der Waals surface area contributed by atoms with Crippen LogP contribution in [0.25, 0.3) is 0 Å². The largest absolute Gasteiger partial charge is 0.490 e. The molecule has 2 amide bonds. The minimum atomic E-state index is -0.380. The number of carbonyl (C=O) groups excluding carboxylic acids is 2. The quantitative estimate of drug-likeness (QED) is 0.887. The number of piperidine rings is 1. The van der Waals surface area contributed by atoms with Gasteiger partial charge in [0.05, 0.1) is 11.2 Å². The molecular formula is C18H21N3O3S. The Labute approximate surface area is 150 Å². The van der Waals surface area contributed by atoms with E-state index in [1.54, 1.807) is 10.4 Å². The van der Waals surface area contributed by atoms with Crippen LogP contribution in [0.2, 0.25) is 0 Å². The Morgan fingerprint density at radius 1 is 1.36 bits per heavy atom. The van der Waals surface area contributed by atoms with Crippen molar-refractivity contribution in [2.24, 2.45) is 11.7 Å². The van der Waals surface area contributed by atoms with Crippen LogP contribution in [0.1, 0.15) is 28.2 Å². The Morgan fingerprint density at radius 3 is 2.76 bits per heavy atom. The first-order chi connectivity index (χ1) is 12.0. The molecule has 2 N–H and O–H groups in total. The van der Waals surface area contributed by atoms with Gasteiger partial charge in [-0.2, -0.15) is 0 Å². The molecule has 0 aliphatic carbocycles. The molecule has 0 unspecified atom stereocenters. The standard InChI is InChI=1S/C18H21N3O3S/c1-12-17(25-11-20-12)18(23)21-8-7-15(13(10-21)9-16(19)22)24-14-5-3-2-4-6-14/h2-6,11,13,15H,7-10H2,1H3,(H2,19,22)/t13-,15-/m0/s1. The highest BCUT2D eigenvalue weighted by Crippen LogP contribution is 2.27. The van der Waals surface area contributed by atoms with E-state index in [2.05, 4.69) is 4.98 Å². The maximum absolute atomic E-state index is 12.7. The number of thiazole rings is 1. The van der Waals surface area contributed by atoms with Gasteiger partial charge >= 0.3 is 0 Å². The summed E-state index contributed by atoms with van der Waals surface area (Å²) >= 11 is 1.34. The molecule has 132 valence electrons. The Bertz CT molecular complexity index is 747. The van der Waals surface area contributed by atoms with E-state index in [9.17, 15) is 9.59 Å². The number of aromatic nitrogens is 1. The van der Waals surface area contributed by atoms with E-state index in [1.165, 1.54) is 11.3 Å². The van der Waals surface area contributed by atoms with Gasteiger partial charge in [-0.3, -0.25) is 9.59 Å². The van der Waals surface area contributed by atoms with Crippen LogP contribution in [0, 0.1) is 12.8 Å². The van der Waals surface area contributed by atoms with Crippen molar-refractivity contribution in [3.05, 3.63) is 46.4 Å². The van der Waals surface area contributed by atoms with Crippen molar-refractivity contribution < 1.29 is 14.3 Å². The second-order valence-corrected chi connectivity index (χ2v) is 7.06. The zero-order chi connectivity index (χ0) is 17.8. The lowest BCUT2D eigenvalue weighted by molar-refractivity contribution is -0.120. The van der Waals surface area contributed by atoms with Gasteiger partial charge in [-0.05, 0) is 19.1 Å². The molecule has 0 radical (unpaired) electrons. The molecule has 2 aromatic rings. The fraction of sp³-hybridized carbons (Fsp3) is 0.389. The van der Waals surface area contributed by atoms with Gasteiger partial charge in [-0.25, -0.2) is 4.98 Å². The second kappa shape index (κ2) is 7.65. The number of nitrogens with two attached hydrogens (primary N) is 1. The lowest BCUT2D eigenvalue weighted by Gasteiger charge is -2.38. The van der Waals surface area contributed by atoms with Gasteiger partial charge in [0.2, 0.25) is 5.91 Å². The van der Waals surface area contributed by atoms with E-state index in [1.807, 2.05) is 37.3 Å². The maximum atomic E-state index is 12.7. The predicted molar refractivity (Wildman–Crippen MR) is 95.5 cm³/mol. The van der Waals surface area contributed by atoms with Crippen molar-refractivity contribution in [3.63, 3.8) is 0 Å². The van der Waals surface area contributed by atoms with Crippen LogP contribution in [-0.2, 0) is 4.79 Å². The van der Waals surface area contributed by atoms with Gasteiger partial charge in [0.1, 0.15) is 16.7 Å². The Morgan fingerprint density at radius 2 is 2.12 bits per heavy atom. The number of likely N-dealkylation sites (tertiary alicyclic amines) is 1. The third-order valence-corrected chi connectivity index (χ3v) is 5.30. The van der Waals surface area contributed by atoms with Crippen molar-refractivity contribution in [2.45, 2.75) is 25.9 Å². The normalized spacial score (nSPS) is 20.3. The van der Waals surface area contributed by atoms with Gasteiger partial charge in [0.25, 0.3) is 5.91 Å². The highest BCUT2D eigenvalue weighted by molar-refractivity contribution is 7.11. The highest BCUT2D eigenvalue weighted by Gasteiger charge is 2.35. The van der Waals surface area contributed by atoms with Crippen LogP contribution >= 0.6 is 11.3 Å². The summed E-state index contributed by atoms with van der Waals surface area (Å²) in [6, 6.07) is 9.51. The van der Waals surface area contributed by atoms with Crippen molar-refractivity contribution >= 4 is 23.2 Å². The number of primary amides is 1. The molecular weight excluding hydrogens is 338 g/mol. The molecule has 1 fully saturated rings. The summed E-state index contributed by atoms with van der Waals surface area (Å²) in [7, 11) is 0. The topological polar surface area (TPSA) is 85.5 Å². The Balaban J connectivity index is 1.72. The van der Waals surface area contributed by atoms with E-state index in [-0.39, 0.29) is 30.3 Å². The molecule has 1 aromatic carbocycles. The summed E-state index contributed by atoms with van der Waals surface area (Å²) in [6.07, 6.45) is 0.723. The van der Waals surface area contributed by atoms with E-state index in [0.717, 1.165) is 11.4 Å². The number of hydrogen-bond donors (Lipinski definition) is 1. The van der Waals surface area contributed by atoms with E-state index in [0.29, 0.717) is 24.4 Å². The maximum Gasteiger partial charge on any atom is 0.265 e.